The van der Waals surface area contributed by atoms with Crippen molar-refractivity contribution in [2.24, 2.45) is 0 Å². The van der Waals surface area contributed by atoms with E-state index in [2.05, 4.69) is 10.3 Å². The minimum absolute atomic E-state index is 0.261. The van der Waals surface area contributed by atoms with Crippen molar-refractivity contribution in [2.75, 3.05) is 23.8 Å². The SMILES string of the molecule is CCN(C(=O)c1cc(NC)ccn1)c1ccccc1F. The smallest absolute Gasteiger partial charge is 0.277 e. The van der Waals surface area contributed by atoms with Crippen LogP contribution in [-0.2, 0) is 0 Å². The van der Waals surface area contributed by atoms with E-state index in [1.165, 1.54) is 11.0 Å². The number of hydrogen-bond acceptors (Lipinski definition) is 3. The number of anilines is 2. The molecule has 2 aromatic rings. The fraction of sp³-hybridized carbons (Fsp3) is 0.200. The number of pyridine rings is 1. The average Bonchev–Trinajstić information content (AvgIpc) is 2.49. The third-order valence-electron chi connectivity index (χ3n) is 2.97. The Morgan fingerprint density at radius 1 is 1.35 bits per heavy atom. The molecule has 0 spiro atoms. The maximum absolute atomic E-state index is 13.8. The highest BCUT2D eigenvalue weighted by Crippen LogP contribution is 2.21. The van der Waals surface area contributed by atoms with E-state index in [0.717, 1.165) is 5.69 Å². The summed E-state index contributed by atoms with van der Waals surface area (Å²) in [4.78, 5) is 17.9. The van der Waals surface area contributed by atoms with E-state index in [1.54, 1.807) is 50.5 Å². The zero-order chi connectivity index (χ0) is 14.5. The molecule has 0 aliphatic rings. The van der Waals surface area contributed by atoms with E-state index < -0.39 is 5.82 Å². The number of nitrogens with zero attached hydrogens (tertiary/aromatic N) is 2. The van der Waals surface area contributed by atoms with Crippen LogP contribution in [-0.4, -0.2) is 24.5 Å². The quantitative estimate of drug-likeness (QED) is 0.931. The predicted octanol–water partition coefficient (Wildman–Crippen LogP) is 2.93. The summed E-state index contributed by atoms with van der Waals surface area (Å²) in [5.74, 6) is -0.748. The van der Waals surface area contributed by atoms with Gasteiger partial charge in [-0.1, -0.05) is 12.1 Å². The van der Waals surface area contributed by atoms with Gasteiger partial charge in [-0.05, 0) is 31.2 Å². The van der Waals surface area contributed by atoms with Crippen LogP contribution < -0.4 is 10.2 Å². The number of carbonyl (C=O) groups excluding carboxylic acids is 1. The molecule has 0 bridgehead atoms. The molecule has 1 heterocycles. The predicted molar refractivity (Wildman–Crippen MR) is 77.5 cm³/mol. The fourth-order valence-corrected chi connectivity index (χ4v) is 1.94. The topological polar surface area (TPSA) is 45.2 Å². The van der Waals surface area contributed by atoms with Crippen molar-refractivity contribution in [1.82, 2.24) is 4.98 Å². The minimum Gasteiger partial charge on any atom is -0.388 e. The van der Waals surface area contributed by atoms with Crippen molar-refractivity contribution >= 4 is 17.3 Å². The number of rotatable bonds is 4. The number of nitrogens with one attached hydrogen (secondary N) is 1. The first-order valence-electron chi connectivity index (χ1n) is 6.37. The zero-order valence-corrected chi connectivity index (χ0v) is 11.4. The molecule has 0 unspecified atom stereocenters. The summed E-state index contributed by atoms with van der Waals surface area (Å²) in [6.07, 6.45) is 1.55. The van der Waals surface area contributed by atoms with Crippen molar-refractivity contribution in [3.05, 3.63) is 54.1 Å². The molecule has 104 valence electrons. The molecule has 0 saturated heterocycles. The highest BCUT2D eigenvalue weighted by Gasteiger charge is 2.20. The molecule has 1 amide bonds. The van der Waals surface area contributed by atoms with E-state index in [4.69, 9.17) is 0 Å². The monoisotopic (exact) mass is 273 g/mol. The maximum atomic E-state index is 13.8. The van der Waals surface area contributed by atoms with Gasteiger partial charge in [-0.3, -0.25) is 9.78 Å². The van der Waals surface area contributed by atoms with Crippen LogP contribution in [0, 0.1) is 5.82 Å². The molecular formula is C15H16FN3O. The van der Waals surface area contributed by atoms with Gasteiger partial charge in [-0.15, -0.1) is 0 Å². The molecule has 20 heavy (non-hydrogen) atoms. The lowest BCUT2D eigenvalue weighted by Crippen LogP contribution is -2.32. The average molecular weight is 273 g/mol. The van der Waals surface area contributed by atoms with E-state index in [-0.39, 0.29) is 17.3 Å². The molecule has 0 atom stereocenters. The lowest BCUT2D eigenvalue weighted by molar-refractivity contribution is 0.0982. The standard InChI is InChI=1S/C15H16FN3O/c1-3-19(14-7-5-4-6-12(14)16)15(20)13-10-11(17-2)8-9-18-13/h4-10H,3H2,1-2H3,(H,17,18). The second kappa shape index (κ2) is 6.14. The molecule has 0 aliphatic carbocycles. The van der Waals surface area contributed by atoms with Gasteiger partial charge in [0.05, 0.1) is 5.69 Å². The van der Waals surface area contributed by atoms with E-state index in [9.17, 15) is 9.18 Å². The van der Waals surface area contributed by atoms with Crippen LogP contribution in [0.2, 0.25) is 0 Å². The summed E-state index contributed by atoms with van der Waals surface area (Å²) in [6, 6.07) is 9.62. The highest BCUT2D eigenvalue weighted by molar-refractivity contribution is 6.05. The van der Waals surface area contributed by atoms with Crippen LogP contribution >= 0.6 is 0 Å². The Labute approximate surface area is 117 Å². The van der Waals surface area contributed by atoms with Gasteiger partial charge in [0, 0.05) is 25.5 Å². The fourth-order valence-electron chi connectivity index (χ4n) is 1.94. The molecule has 1 aromatic carbocycles. The van der Waals surface area contributed by atoms with Crippen LogP contribution in [0.5, 0.6) is 0 Å². The van der Waals surface area contributed by atoms with Gasteiger partial charge in [-0.25, -0.2) is 4.39 Å². The van der Waals surface area contributed by atoms with Gasteiger partial charge >= 0.3 is 0 Å². The summed E-state index contributed by atoms with van der Waals surface area (Å²) in [6.45, 7) is 2.16. The molecule has 0 saturated carbocycles. The Kier molecular flexibility index (Phi) is 4.30. The minimum atomic E-state index is -0.424. The largest absolute Gasteiger partial charge is 0.388 e. The number of hydrogen-bond donors (Lipinski definition) is 1. The Morgan fingerprint density at radius 3 is 2.75 bits per heavy atom. The molecule has 1 N–H and O–H groups in total. The van der Waals surface area contributed by atoms with Gasteiger partial charge < -0.3 is 10.2 Å². The highest BCUT2D eigenvalue weighted by atomic mass is 19.1. The van der Waals surface area contributed by atoms with Gasteiger partial charge in [0.2, 0.25) is 0 Å². The number of para-hydroxylation sites is 1. The third-order valence-corrected chi connectivity index (χ3v) is 2.97. The summed E-state index contributed by atoms with van der Waals surface area (Å²) < 4.78 is 13.8. The second-order valence-corrected chi connectivity index (χ2v) is 4.18. The molecular weight excluding hydrogens is 257 g/mol. The van der Waals surface area contributed by atoms with Crippen molar-refractivity contribution in [2.45, 2.75) is 6.92 Å². The summed E-state index contributed by atoms with van der Waals surface area (Å²) >= 11 is 0. The van der Waals surface area contributed by atoms with Crippen LogP contribution in [0.25, 0.3) is 0 Å². The van der Waals surface area contributed by atoms with Crippen molar-refractivity contribution in [3.8, 4) is 0 Å². The molecule has 1 aromatic heterocycles. The van der Waals surface area contributed by atoms with Crippen LogP contribution in [0.15, 0.2) is 42.6 Å². The lowest BCUT2D eigenvalue weighted by Gasteiger charge is -2.21. The number of benzene rings is 1. The Balaban J connectivity index is 2.36. The maximum Gasteiger partial charge on any atom is 0.277 e. The lowest BCUT2D eigenvalue weighted by atomic mass is 10.2. The first kappa shape index (κ1) is 14.0. The Bertz CT molecular complexity index is 616. The van der Waals surface area contributed by atoms with Crippen LogP contribution in [0.4, 0.5) is 15.8 Å². The number of halogens is 1. The van der Waals surface area contributed by atoms with Crippen molar-refractivity contribution in [1.29, 1.82) is 0 Å². The van der Waals surface area contributed by atoms with E-state index in [1.807, 2.05) is 0 Å². The van der Waals surface area contributed by atoms with Gasteiger partial charge in [0.25, 0.3) is 5.91 Å². The zero-order valence-electron chi connectivity index (χ0n) is 11.4. The van der Waals surface area contributed by atoms with Gasteiger partial charge in [-0.2, -0.15) is 0 Å². The van der Waals surface area contributed by atoms with Gasteiger partial charge in [0.1, 0.15) is 11.5 Å². The Hall–Kier alpha value is -2.43. The van der Waals surface area contributed by atoms with E-state index in [0.29, 0.717) is 6.54 Å². The summed E-state index contributed by atoms with van der Waals surface area (Å²) in [7, 11) is 1.76. The van der Waals surface area contributed by atoms with Crippen molar-refractivity contribution in [3.63, 3.8) is 0 Å². The van der Waals surface area contributed by atoms with Crippen LogP contribution in [0.3, 0.4) is 0 Å². The third kappa shape index (κ3) is 2.77. The summed E-state index contributed by atoms with van der Waals surface area (Å²) in [5.41, 5.74) is 1.33. The molecule has 5 heteroatoms. The molecule has 4 nitrogen and oxygen atoms in total. The van der Waals surface area contributed by atoms with Gasteiger partial charge in [0.15, 0.2) is 0 Å². The molecule has 0 fully saturated rings. The molecule has 0 radical (unpaired) electrons. The van der Waals surface area contributed by atoms with E-state index >= 15 is 0 Å². The molecule has 0 aliphatic heterocycles. The second-order valence-electron chi connectivity index (χ2n) is 4.18. The number of amides is 1. The summed E-state index contributed by atoms with van der Waals surface area (Å²) in [5, 5.41) is 2.95. The van der Waals surface area contributed by atoms with Crippen molar-refractivity contribution < 1.29 is 9.18 Å². The number of carbonyl (C=O) groups is 1. The number of aromatic nitrogens is 1. The Morgan fingerprint density at radius 2 is 2.10 bits per heavy atom. The van der Waals surface area contributed by atoms with Crippen LogP contribution in [0.1, 0.15) is 17.4 Å². The first-order valence-corrected chi connectivity index (χ1v) is 6.37. The molecule has 2 rings (SSSR count). The normalized spacial score (nSPS) is 10.2. The first-order chi connectivity index (χ1) is 9.67.